The number of ether oxygens (including phenoxy) is 1. The molecule has 0 amide bonds. The van der Waals surface area contributed by atoms with Gasteiger partial charge in [-0.3, -0.25) is 14.5 Å². The zero-order valence-corrected chi connectivity index (χ0v) is 20.8. The van der Waals surface area contributed by atoms with Crippen molar-refractivity contribution < 1.29 is 28.3 Å². The number of nitrogens with zero attached hydrogens (tertiary/aromatic N) is 3. The van der Waals surface area contributed by atoms with Gasteiger partial charge in [0, 0.05) is 36.3 Å². The van der Waals surface area contributed by atoms with E-state index in [2.05, 4.69) is 15.0 Å². The monoisotopic (exact) mass is 515 g/mol. The SMILES string of the molecule is COC(=O)C1(C(=O)O)CCN(Cc2ccc(-c3noc(-c4ccc(-c5ccccc5)c(F)c4)n3)cc2)CC1. The van der Waals surface area contributed by atoms with Gasteiger partial charge in [0.25, 0.3) is 5.89 Å². The second-order valence-corrected chi connectivity index (χ2v) is 9.34. The molecule has 9 heteroatoms. The van der Waals surface area contributed by atoms with Crippen molar-refractivity contribution in [3.05, 3.63) is 84.2 Å². The van der Waals surface area contributed by atoms with Gasteiger partial charge in [0.1, 0.15) is 5.82 Å². The Kier molecular flexibility index (Phi) is 7.02. The lowest BCUT2D eigenvalue weighted by Gasteiger charge is -2.36. The summed E-state index contributed by atoms with van der Waals surface area (Å²) in [5.41, 5.74) is 2.08. The third-order valence-corrected chi connectivity index (χ3v) is 7.04. The molecule has 4 aromatic rings. The summed E-state index contributed by atoms with van der Waals surface area (Å²) in [6.45, 7) is 1.55. The molecule has 38 heavy (non-hydrogen) atoms. The van der Waals surface area contributed by atoms with E-state index in [0.29, 0.717) is 36.6 Å². The number of likely N-dealkylation sites (tertiary alicyclic amines) is 1. The number of carboxylic acids is 1. The fourth-order valence-electron chi connectivity index (χ4n) is 4.77. The molecule has 2 heterocycles. The molecule has 0 radical (unpaired) electrons. The number of piperidine rings is 1. The van der Waals surface area contributed by atoms with Crippen molar-refractivity contribution in [1.82, 2.24) is 15.0 Å². The van der Waals surface area contributed by atoms with E-state index in [4.69, 9.17) is 9.26 Å². The van der Waals surface area contributed by atoms with Crippen LogP contribution in [0, 0.1) is 11.2 Å². The van der Waals surface area contributed by atoms with Gasteiger partial charge in [-0.05, 0) is 36.1 Å². The van der Waals surface area contributed by atoms with Crippen molar-refractivity contribution in [2.45, 2.75) is 19.4 Å². The molecule has 5 rings (SSSR count). The van der Waals surface area contributed by atoms with Crippen LogP contribution in [-0.4, -0.2) is 52.3 Å². The highest BCUT2D eigenvalue weighted by molar-refractivity contribution is 5.99. The van der Waals surface area contributed by atoms with Gasteiger partial charge in [0.05, 0.1) is 7.11 Å². The summed E-state index contributed by atoms with van der Waals surface area (Å²) in [7, 11) is 1.22. The predicted octanol–water partition coefficient (Wildman–Crippen LogP) is 5.05. The van der Waals surface area contributed by atoms with Gasteiger partial charge in [0.15, 0.2) is 5.41 Å². The Hall–Kier alpha value is -4.37. The molecular formula is C29H26FN3O5. The third kappa shape index (κ3) is 4.92. The molecule has 0 unspecified atom stereocenters. The van der Waals surface area contributed by atoms with Gasteiger partial charge in [0.2, 0.25) is 5.82 Å². The molecule has 8 nitrogen and oxygen atoms in total. The Bertz CT molecular complexity index is 1440. The number of aromatic nitrogens is 2. The minimum atomic E-state index is -1.48. The highest BCUT2D eigenvalue weighted by atomic mass is 19.1. The van der Waals surface area contributed by atoms with Gasteiger partial charge in [-0.15, -0.1) is 0 Å². The molecule has 0 atom stereocenters. The first-order valence-corrected chi connectivity index (χ1v) is 12.2. The number of carbonyl (C=O) groups is 2. The summed E-state index contributed by atoms with van der Waals surface area (Å²) in [6, 6.07) is 21.8. The molecule has 0 spiro atoms. The second kappa shape index (κ2) is 10.5. The first-order chi connectivity index (χ1) is 18.4. The average Bonchev–Trinajstić information content (AvgIpc) is 3.44. The Balaban J connectivity index is 1.24. The van der Waals surface area contributed by atoms with E-state index in [9.17, 15) is 19.1 Å². The van der Waals surface area contributed by atoms with Gasteiger partial charge >= 0.3 is 11.9 Å². The van der Waals surface area contributed by atoms with Crippen LogP contribution in [0.4, 0.5) is 4.39 Å². The largest absolute Gasteiger partial charge is 0.480 e. The predicted molar refractivity (Wildman–Crippen MR) is 137 cm³/mol. The summed E-state index contributed by atoms with van der Waals surface area (Å²) in [4.78, 5) is 30.4. The zero-order chi connectivity index (χ0) is 26.7. The number of hydrogen-bond acceptors (Lipinski definition) is 7. The van der Waals surface area contributed by atoms with Crippen molar-refractivity contribution in [3.63, 3.8) is 0 Å². The van der Waals surface area contributed by atoms with E-state index in [1.54, 1.807) is 12.1 Å². The van der Waals surface area contributed by atoms with Crippen LogP contribution in [0.1, 0.15) is 18.4 Å². The topological polar surface area (TPSA) is 106 Å². The average molecular weight is 516 g/mol. The fraction of sp³-hybridized carbons (Fsp3) is 0.241. The van der Waals surface area contributed by atoms with Crippen molar-refractivity contribution >= 4 is 11.9 Å². The van der Waals surface area contributed by atoms with E-state index in [1.807, 2.05) is 54.6 Å². The van der Waals surface area contributed by atoms with Gasteiger partial charge in [-0.2, -0.15) is 4.98 Å². The summed E-state index contributed by atoms with van der Waals surface area (Å²) >= 11 is 0. The number of halogens is 1. The molecule has 1 aromatic heterocycles. The Morgan fingerprint density at radius 3 is 2.32 bits per heavy atom. The number of rotatable bonds is 7. The maximum Gasteiger partial charge on any atom is 0.323 e. The van der Waals surface area contributed by atoms with Gasteiger partial charge < -0.3 is 14.4 Å². The van der Waals surface area contributed by atoms with Gasteiger partial charge in [-0.1, -0.05) is 65.8 Å². The summed E-state index contributed by atoms with van der Waals surface area (Å²) < 4.78 is 24.9. The van der Waals surface area contributed by atoms with Gasteiger partial charge in [-0.25, -0.2) is 4.39 Å². The van der Waals surface area contributed by atoms with E-state index in [-0.39, 0.29) is 24.5 Å². The van der Waals surface area contributed by atoms with Crippen LogP contribution >= 0.6 is 0 Å². The Morgan fingerprint density at radius 1 is 1.00 bits per heavy atom. The lowest BCUT2D eigenvalue weighted by molar-refractivity contribution is -0.170. The molecule has 1 saturated heterocycles. The minimum absolute atomic E-state index is 0.200. The van der Waals surface area contributed by atoms with Crippen LogP contribution in [0.25, 0.3) is 34.0 Å². The number of carboxylic acid groups (broad SMARTS) is 1. The van der Waals surface area contributed by atoms with Crippen molar-refractivity contribution in [2.75, 3.05) is 20.2 Å². The molecule has 0 saturated carbocycles. The maximum atomic E-state index is 14.8. The smallest absolute Gasteiger partial charge is 0.323 e. The molecule has 1 N–H and O–H groups in total. The van der Waals surface area contributed by atoms with Crippen LogP contribution in [0.5, 0.6) is 0 Å². The molecule has 3 aromatic carbocycles. The second-order valence-electron chi connectivity index (χ2n) is 9.34. The summed E-state index contributed by atoms with van der Waals surface area (Å²) in [5, 5.41) is 13.7. The van der Waals surface area contributed by atoms with Crippen LogP contribution in [0.15, 0.2) is 77.3 Å². The number of carbonyl (C=O) groups excluding carboxylic acids is 1. The minimum Gasteiger partial charge on any atom is -0.480 e. The van der Waals surface area contributed by atoms with E-state index in [0.717, 1.165) is 16.7 Å². The molecule has 0 bridgehead atoms. The summed E-state index contributed by atoms with van der Waals surface area (Å²) in [5.74, 6) is -1.58. The highest BCUT2D eigenvalue weighted by Gasteiger charge is 2.49. The van der Waals surface area contributed by atoms with E-state index < -0.39 is 17.4 Å². The standard InChI is InChI=1S/C29H26FN3O5/c1-37-28(36)29(27(34)35)13-15-33(16-14-29)18-19-7-9-21(10-8-19)25-31-26(38-32-25)22-11-12-23(24(30)17-22)20-5-3-2-4-6-20/h2-12,17H,13-16,18H2,1H3,(H,34,35). The first kappa shape index (κ1) is 25.3. The fourth-order valence-corrected chi connectivity index (χ4v) is 4.77. The van der Waals surface area contributed by atoms with E-state index in [1.165, 1.54) is 13.2 Å². The number of methoxy groups -OCH3 is 1. The molecular weight excluding hydrogens is 489 g/mol. The molecule has 0 aliphatic carbocycles. The van der Waals surface area contributed by atoms with Crippen LogP contribution in [0.2, 0.25) is 0 Å². The lowest BCUT2D eigenvalue weighted by atomic mass is 9.78. The lowest BCUT2D eigenvalue weighted by Crippen LogP contribution is -2.49. The number of hydrogen-bond donors (Lipinski definition) is 1. The molecule has 194 valence electrons. The van der Waals surface area contributed by atoms with Crippen molar-refractivity contribution in [3.8, 4) is 34.0 Å². The highest BCUT2D eigenvalue weighted by Crippen LogP contribution is 2.34. The number of benzene rings is 3. The number of esters is 1. The van der Waals surface area contributed by atoms with Crippen molar-refractivity contribution in [1.29, 1.82) is 0 Å². The van der Waals surface area contributed by atoms with E-state index >= 15 is 0 Å². The summed E-state index contributed by atoms with van der Waals surface area (Å²) in [6.07, 6.45) is 0.400. The molecule has 1 fully saturated rings. The van der Waals surface area contributed by atoms with Crippen molar-refractivity contribution in [2.24, 2.45) is 5.41 Å². The third-order valence-electron chi connectivity index (χ3n) is 7.04. The normalized spacial score (nSPS) is 15.2. The van der Waals surface area contributed by atoms with Crippen LogP contribution < -0.4 is 0 Å². The van der Waals surface area contributed by atoms with Crippen LogP contribution in [0.3, 0.4) is 0 Å². The Labute approximate surface area is 218 Å². The number of aliphatic carboxylic acids is 1. The molecule has 1 aliphatic rings. The quantitative estimate of drug-likeness (QED) is 0.269. The first-order valence-electron chi connectivity index (χ1n) is 12.2. The zero-order valence-electron chi connectivity index (χ0n) is 20.8. The molecule has 1 aliphatic heterocycles. The van der Waals surface area contributed by atoms with Crippen LogP contribution in [-0.2, 0) is 20.9 Å². The Morgan fingerprint density at radius 2 is 1.68 bits per heavy atom. The maximum absolute atomic E-state index is 14.8.